The standard InChI is InChI=1S/C18H12F4O5/c19-12-7-5-11(6-8-12)15(23)9-26-16(24)13-3-1-2-4-14(13)17(25)27-10-18(20,21)22/h1-8H,9-10H2. The molecule has 0 unspecified atom stereocenters. The molecular weight excluding hydrogens is 372 g/mol. The predicted molar refractivity (Wildman–Crippen MR) is 83.8 cm³/mol. The summed E-state index contributed by atoms with van der Waals surface area (Å²) in [6.45, 7) is -2.51. The number of carbonyl (C=O) groups is 3. The first-order valence-corrected chi connectivity index (χ1v) is 7.46. The number of hydrogen-bond donors (Lipinski definition) is 0. The monoisotopic (exact) mass is 384 g/mol. The molecule has 0 spiro atoms. The number of carbonyl (C=O) groups excluding carboxylic acids is 3. The van der Waals surface area contributed by atoms with Crippen LogP contribution in [0.15, 0.2) is 48.5 Å². The van der Waals surface area contributed by atoms with E-state index in [-0.39, 0.29) is 11.1 Å². The predicted octanol–water partition coefficient (Wildman–Crippen LogP) is 3.58. The van der Waals surface area contributed by atoms with Crippen LogP contribution in [0.4, 0.5) is 17.6 Å². The molecule has 0 radical (unpaired) electrons. The van der Waals surface area contributed by atoms with E-state index in [4.69, 9.17) is 4.74 Å². The van der Waals surface area contributed by atoms with Crippen molar-refractivity contribution in [2.45, 2.75) is 6.18 Å². The van der Waals surface area contributed by atoms with Crippen LogP contribution in [0.3, 0.4) is 0 Å². The molecule has 0 aliphatic rings. The van der Waals surface area contributed by atoms with Crippen LogP contribution in [-0.4, -0.2) is 37.1 Å². The molecule has 0 heterocycles. The van der Waals surface area contributed by atoms with Crippen molar-refractivity contribution in [1.29, 1.82) is 0 Å². The molecule has 0 saturated heterocycles. The summed E-state index contributed by atoms with van der Waals surface area (Å²) in [5.74, 6) is -3.62. The lowest BCUT2D eigenvalue weighted by Crippen LogP contribution is -2.22. The molecule has 27 heavy (non-hydrogen) atoms. The number of ether oxygens (including phenoxy) is 2. The molecule has 2 rings (SSSR count). The van der Waals surface area contributed by atoms with Crippen molar-refractivity contribution < 1.29 is 41.4 Å². The van der Waals surface area contributed by atoms with Crippen molar-refractivity contribution >= 4 is 17.7 Å². The zero-order chi connectivity index (χ0) is 20.0. The number of esters is 2. The van der Waals surface area contributed by atoms with Crippen molar-refractivity contribution in [2.75, 3.05) is 13.2 Å². The minimum Gasteiger partial charge on any atom is -0.454 e. The van der Waals surface area contributed by atoms with Gasteiger partial charge in [-0.3, -0.25) is 4.79 Å². The summed E-state index contributed by atoms with van der Waals surface area (Å²) < 4.78 is 58.2. The van der Waals surface area contributed by atoms with Gasteiger partial charge in [-0.2, -0.15) is 13.2 Å². The summed E-state index contributed by atoms with van der Waals surface area (Å²) >= 11 is 0. The number of benzene rings is 2. The minimum absolute atomic E-state index is 0.0991. The third-order valence-corrected chi connectivity index (χ3v) is 3.23. The second kappa shape index (κ2) is 8.43. The number of ketones is 1. The molecule has 0 amide bonds. The quantitative estimate of drug-likeness (QED) is 0.433. The minimum atomic E-state index is -4.72. The van der Waals surface area contributed by atoms with E-state index >= 15 is 0 Å². The third kappa shape index (κ3) is 5.91. The van der Waals surface area contributed by atoms with E-state index in [1.807, 2.05) is 0 Å². The van der Waals surface area contributed by atoms with Crippen molar-refractivity contribution in [1.82, 2.24) is 0 Å². The number of Topliss-reactive ketones (excluding diaryl/α,β-unsaturated/α-hetero) is 1. The first-order valence-electron chi connectivity index (χ1n) is 7.46. The lowest BCUT2D eigenvalue weighted by atomic mass is 10.1. The van der Waals surface area contributed by atoms with Crippen LogP contribution >= 0.6 is 0 Å². The van der Waals surface area contributed by atoms with Crippen LogP contribution in [0.25, 0.3) is 0 Å². The highest BCUT2D eigenvalue weighted by Crippen LogP contribution is 2.17. The number of alkyl halides is 3. The average molecular weight is 384 g/mol. The largest absolute Gasteiger partial charge is 0.454 e. The van der Waals surface area contributed by atoms with E-state index in [1.54, 1.807) is 0 Å². The Morgan fingerprint density at radius 2 is 1.33 bits per heavy atom. The summed E-state index contributed by atoms with van der Waals surface area (Å²) in [5, 5.41) is 0. The van der Waals surface area contributed by atoms with E-state index in [1.165, 1.54) is 24.3 Å². The fourth-order valence-corrected chi connectivity index (χ4v) is 1.99. The second-order valence-corrected chi connectivity index (χ2v) is 5.24. The molecule has 2 aromatic rings. The molecule has 2 aromatic carbocycles. The summed E-state index contributed by atoms with van der Waals surface area (Å²) in [6, 6.07) is 9.44. The van der Waals surface area contributed by atoms with Gasteiger partial charge in [0.15, 0.2) is 19.0 Å². The highest BCUT2D eigenvalue weighted by atomic mass is 19.4. The van der Waals surface area contributed by atoms with Crippen molar-refractivity contribution in [3.8, 4) is 0 Å². The zero-order valence-corrected chi connectivity index (χ0v) is 13.6. The van der Waals surface area contributed by atoms with Gasteiger partial charge < -0.3 is 9.47 Å². The van der Waals surface area contributed by atoms with Gasteiger partial charge in [0.1, 0.15) is 5.82 Å². The Bertz CT molecular complexity index is 844. The summed E-state index contributed by atoms with van der Waals surface area (Å²) in [6.07, 6.45) is -4.72. The molecule has 0 aliphatic heterocycles. The Kier molecular flexibility index (Phi) is 6.27. The Hall–Kier alpha value is -3.23. The van der Waals surface area contributed by atoms with E-state index in [2.05, 4.69) is 4.74 Å². The highest BCUT2D eigenvalue weighted by molar-refractivity contribution is 6.04. The van der Waals surface area contributed by atoms with E-state index in [9.17, 15) is 31.9 Å². The SMILES string of the molecule is O=C(COC(=O)c1ccccc1C(=O)OCC(F)(F)F)c1ccc(F)cc1. The van der Waals surface area contributed by atoms with Crippen LogP contribution in [0.5, 0.6) is 0 Å². The van der Waals surface area contributed by atoms with Gasteiger partial charge in [0.05, 0.1) is 11.1 Å². The van der Waals surface area contributed by atoms with Crippen LogP contribution in [0.1, 0.15) is 31.1 Å². The van der Waals surface area contributed by atoms with Crippen molar-refractivity contribution in [3.63, 3.8) is 0 Å². The molecule has 9 heteroatoms. The lowest BCUT2D eigenvalue weighted by molar-refractivity contribution is -0.161. The third-order valence-electron chi connectivity index (χ3n) is 3.23. The Morgan fingerprint density at radius 1 is 0.815 bits per heavy atom. The number of hydrogen-bond acceptors (Lipinski definition) is 5. The van der Waals surface area contributed by atoms with Crippen LogP contribution < -0.4 is 0 Å². The van der Waals surface area contributed by atoms with Crippen LogP contribution in [-0.2, 0) is 9.47 Å². The summed E-state index contributed by atoms with van der Waals surface area (Å²) in [4.78, 5) is 35.8. The van der Waals surface area contributed by atoms with Gasteiger partial charge in [0, 0.05) is 5.56 Å². The van der Waals surface area contributed by atoms with Gasteiger partial charge in [-0.05, 0) is 36.4 Å². The molecule has 0 aliphatic carbocycles. The lowest BCUT2D eigenvalue weighted by Gasteiger charge is -2.11. The van der Waals surface area contributed by atoms with Crippen LogP contribution in [0, 0.1) is 5.82 Å². The van der Waals surface area contributed by atoms with Crippen molar-refractivity contribution in [2.24, 2.45) is 0 Å². The van der Waals surface area contributed by atoms with Gasteiger partial charge in [-0.1, -0.05) is 12.1 Å². The fourth-order valence-electron chi connectivity index (χ4n) is 1.99. The van der Waals surface area contributed by atoms with E-state index in [0.717, 1.165) is 24.3 Å². The Balaban J connectivity index is 2.05. The molecule has 5 nitrogen and oxygen atoms in total. The molecule has 142 valence electrons. The normalized spacial score (nSPS) is 11.0. The van der Waals surface area contributed by atoms with Crippen LogP contribution in [0.2, 0.25) is 0 Å². The zero-order valence-electron chi connectivity index (χ0n) is 13.6. The first kappa shape index (κ1) is 20.1. The summed E-state index contributed by atoms with van der Waals surface area (Å²) in [7, 11) is 0. The highest BCUT2D eigenvalue weighted by Gasteiger charge is 2.30. The number of rotatable bonds is 6. The molecule has 0 atom stereocenters. The van der Waals surface area contributed by atoms with Gasteiger partial charge in [-0.25, -0.2) is 14.0 Å². The molecule has 0 bridgehead atoms. The maximum absolute atomic E-state index is 12.8. The molecular formula is C18H12F4O5. The smallest absolute Gasteiger partial charge is 0.422 e. The van der Waals surface area contributed by atoms with Gasteiger partial charge in [0.2, 0.25) is 0 Å². The van der Waals surface area contributed by atoms with Gasteiger partial charge in [0.25, 0.3) is 0 Å². The van der Waals surface area contributed by atoms with Gasteiger partial charge in [-0.15, -0.1) is 0 Å². The average Bonchev–Trinajstić information content (AvgIpc) is 2.64. The maximum atomic E-state index is 12.8. The first-order chi connectivity index (χ1) is 12.7. The Morgan fingerprint density at radius 3 is 1.85 bits per heavy atom. The second-order valence-electron chi connectivity index (χ2n) is 5.24. The molecule has 0 aromatic heterocycles. The molecule has 0 fully saturated rings. The molecule has 0 N–H and O–H groups in total. The van der Waals surface area contributed by atoms with Crippen molar-refractivity contribution in [3.05, 3.63) is 71.0 Å². The van der Waals surface area contributed by atoms with Gasteiger partial charge >= 0.3 is 18.1 Å². The summed E-state index contributed by atoms with van der Waals surface area (Å²) in [5.41, 5.74) is -0.681. The van der Waals surface area contributed by atoms with E-state index in [0.29, 0.717) is 0 Å². The number of halogens is 4. The topological polar surface area (TPSA) is 69.7 Å². The fraction of sp³-hybridized carbons (Fsp3) is 0.167. The maximum Gasteiger partial charge on any atom is 0.422 e. The molecule has 0 saturated carbocycles. The Labute approximate surface area is 150 Å². The van der Waals surface area contributed by atoms with E-state index < -0.39 is 48.5 Å².